The summed E-state index contributed by atoms with van der Waals surface area (Å²) in [4.78, 5) is 24.3. The highest BCUT2D eigenvalue weighted by molar-refractivity contribution is 7.89. The van der Waals surface area contributed by atoms with Gasteiger partial charge in [-0.3, -0.25) is 10.2 Å². The third-order valence-electron chi connectivity index (χ3n) is 3.88. The lowest BCUT2D eigenvalue weighted by atomic mass is 10.1. The molecule has 9 nitrogen and oxygen atoms in total. The van der Waals surface area contributed by atoms with E-state index in [2.05, 4.69) is 10.0 Å². The second-order valence-corrected chi connectivity index (χ2v) is 9.49. The summed E-state index contributed by atoms with van der Waals surface area (Å²) >= 11 is 0. The predicted octanol–water partition coefficient (Wildman–Crippen LogP) is 2.23. The number of anilines is 1. The Balaban J connectivity index is 1.94. The number of amidine groups is 1. The largest absolute Gasteiger partial charge is 0.456 e. The molecule has 0 fully saturated rings. The number of rotatable bonds is 8. The Kier molecular flexibility index (Phi) is 7.53. The van der Waals surface area contributed by atoms with Crippen molar-refractivity contribution in [3.63, 3.8) is 0 Å². The molecule has 0 aromatic heterocycles. The second kappa shape index (κ2) is 9.71. The highest BCUT2D eigenvalue weighted by Crippen LogP contribution is 2.16. The van der Waals surface area contributed by atoms with Crippen LogP contribution in [0.2, 0.25) is 0 Å². The molecule has 0 aliphatic rings. The van der Waals surface area contributed by atoms with Gasteiger partial charge < -0.3 is 15.8 Å². The number of nitrogens with two attached hydrogens (primary N) is 1. The maximum absolute atomic E-state index is 12.4. The molecule has 2 aromatic carbocycles. The average Bonchev–Trinajstić information content (AvgIpc) is 2.67. The monoisotopic (exact) mass is 446 g/mol. The lowest BCUT2D eigenvalue weighted by Crippen LogP contribution is -2.28. The third kappa shape index (κ3) is 7.50. The Bertz CT molecular complexity index is 1090. The summed E-state index contributed by atoms with van der Waals surface area (Å²) in [5.74, 6) is -1.18. The third-order valence-corrected chi connectivity index (χ3v) is 5.34. The van der Waals surface area contributed by atoms with Gasteiger partial charge in [-0.05, 0) is 51.1 Å². The number of carbonyl (C=O) groups excluding carboxylic acids is 2. The zero-order chi connectivity index (χ0) is 23.2. The fourth-order valence-corrected chi connectivity index (χ4v) is 3.57. The molecule has 10 heteroatoms. The second-order valence-electron chi connectivity index (χ2n) is 7.72. The van der Waals surface area contributed by atoms with Crippen LogP contribution in [0.1, 0.15) is 43.1 Å². The predicted molar refractivity (Wildman–Crippen MR) is 118 cm³/mol. The quantitative estimate of drug-likeness (QED) is 0.277. The van der Waals surface area contributed by atoms with Crippen LogP contribution in [0.4, 0.5) is 5.69 Å². The summed E-state index contributed by atoms with van der Waals surface area (Å²) in [7, 11) is -3.86. The lowest BCUT2D eigenvalue weighted by molar-refractivity contribution is -0.116. The van der Waals surface area contributed by atoms with Gasteiger partial charge in [-0.25, -0.2) is 17.9 Å². The fraction of sp³-hybridized carbons (Fsp3) is 0.286. The first-order valence-corrected chi connectivity index (χ1v) is 10.9. The molecule has 0 bridgehead atoms. The van der Waals surface area contributed by atoms with Crippen LogP contribution in [0.25, 0.3) is 0 Å². The van der Waals surface area contributed by atoms with Gasteiger partial charge in [-0.2, -0.15) is 0 Å². The molecule has 166 valence electrons. The van der Waals surface area contributed by atoms with Crippen molar-refractivity contribution in [1.29, 1.82) is 5.41 Å². The summed E-state index contributed by atoms with van der Waals surface area (Å²) in [5.41, 5.74) is 5.71. The summed E-state index contributed by atoms with van der Waals surface area (Å²) in [6.07, 6.45) is -0.123. The number of nitrogen functional groups attached to an aromatic ring is 1. The Morgan fingerprint density at radius 3 is 2.35 bits per heavy atom. The van der Waals surface area contributed by atoms with Crippen molar-refractivity contribution >= 4 is 33.4 Å². The van der Waals surface area contributed by atoms with E-state index in [0.29, 0.717) is 11.3 Å². The molecule has 0 aliphatic heterocycles. The first kappa shape index (κ1) is 24.0. The van der Waals surface area contributed by atoms with Gasteiger partial charge in [0.25, 0.3) is 0 Å². The standard InChI is InChI=1S/C21H26N4O5S/c1-21(2,3)30-20(27)15-7-4-8-16(12-15)25-18(26)10-11-24-31(28,29)17-9-5-6-14(13-17)19(22)23/h4-9,12-13,24H,10-11H2,1-3H3,(H3,22,23)(H,25,26). The number of esters is 1. The molecule has 2 aromatic rings. The average molecular weight is 447 g/mol. The Labute approximate surface area is 181 Å². The molecule has 0 heterocycles. The van der Waals surface area contributed by atoms with Crippen molar-refractivity contribution in [3.8, 4) is 0 Å². The van der Waals surface area contributed by atoms with Gasteiger partial charge in [0, 0.05) is 24.2 Å². The Hall–Kier alpha value is -3.24. The normalized spacial score (nSPS) is 11.6. The summed E-state index contributed by atoms with van der Waals surface area (Å²) in [6, 6.07) is 12.0. The highest BCUT2D eigenvalue weighted by atomic mass is 32.2. The van der Waals surface area contributed by atoms with E-state index >= 15 is 0 Å². The zero-order valence-electron chi connectivity index (χ0n) is 17.6. The molecule has 1 amide bonds. The molecule has 31 heavy (non-hydrogen) atoms. The summed E-state index contributed by atoms with van der Waals surface area (Å²) in [5, 5.41) is 10.0. The van der Waals surface area contributed by atoms with Gasteiger partial charge in [0.1, 0.15) is 11.4 Å². The van der Waals surface area contributed by atoms with Gasteiger partial charge in [0.05, 0.1) is 10.5 Å². The van der Waals surface area contributed by atoms with Crippen molar-refractivity contribution in [3.05, 3.63) is 59.7 Å². The minimum atomic E-state index is -3.86. The van der Waals surface area contributed by atoms with Crippen molar-refractivity contribution < 1.29 is 22.7 Å². The van der Waals surface area contributed by atoms with Gasteiger partial charge in [-0.15, -0.1) is 0 Å². The van der Waals surface area contributed by atoms with E-state index < -0.39 is 27.5 Å². The van der Waals surface area contributed by atoms with Crippen molar-refractivity contribution in [1.82, 2.24) is 4.72 Å². The van der Waals surface area contributed by atoms with Crippen LogP contribution in [-0.2, 0) is 19.6 Å². The molecular formula is C21H26N4O5S. The maximum Gasteiger partial charge on any atom is 0.338 e. The van der Waals surface area contributed by atoms with E-state index in [1.807, 2.05) is 0 Å². The van der Waals surface area contributed by atoms with Crippen LogP contribution in [0.15, 0.2) is 53.4 Å². The molecule has 0 aliphatic carbocycles. The molecule has 0 atom stereocenters. The zero-order valence-corrected chi connectivity index (χ0v) is 18.4. The van der Waals surface area contributed by atoms with Crippen LogP contribution < -0.4 is 15.8 Å². The molecule has 0 saturated heterocycles. The van der Waals surface area contributed by atoms with Gasteiger partial charge in [0.15, 0.2) is 0 Å². The molecule has 0 spiro atoms. The molecule has 0 unspecified atom stereocenters. The SMILES string of the molecule is CC(C)(C)OC(=O)c1cccc(NC(=O)CCNS(=O)(=O)c2cccc(C(=N)N)c2)c1. The van der Waals surface area contributed by atoms with Gasteiger partial charge >= 0.3 is 5.97 Å². The van der Waals surface area contributed by atoms with Crippen LogP contribution in [0.3, 0.4) is 0 Å². The van der Waals surface area contributed by atoms with Gasteiger partial charge in [0.2, 0.25) is 15.9 Å². The van der Waals surface area contributed by atoms with Crippen LogP contribution in [0, 0.1) is 5.41 Å². The number of hydrogen-bond acceptors (Lipinski definition) is 6. The van der Waals surface area contributed by atoms with E-state index in [9.17, 15) is 18.0 Å². The maximum atomic E-state index is 12.4. The first-order chi connectivity index (χ1) is 14.4. The number of sulfonamides is 1. The number of carbonyl (C=O) groups is 2. The van der Waals surface area contributed by atoms with Crippen LogP contribution in [-0.4, -0.2) is 38.3 Å². The van der Waals surface area contributed by atoms with Crippen molar-refractivity contribution in [2.75, 3.05) is 11.9 Å². The van der Waals surface area contributed by atoms with E-state index in [1.54, 1.807) is 39.0 Å². The summed E-state index contributed by atoms with van der Waals surface area (Å²) < 4.78 is 32.4. The fourth-order valence-electron chi connectivity index (χ4n) is 2.50. The first-order valence-electron chi connectivity index (χ1n) is 9.45. The van der Waals surface area contributed by atoms with Crippen molar-refractivity contribution in [2.45, 2.75) is 37.7 Å². The molecule has 5 N–H and O–H groups in total. The number of ether oxygens (including phenoxy) is 1. The number of amides is 1. The number of nitrogens with one attached hydrogen (secondary N) is 3. The van der Waals surface area contributed by atoms with E-state index in [4.69, 9.17) is 15.9 Å². The van der Waals surface area contributed by atoms with Crippen molar-refractivity contribution in [2.24, 2.45) is 5.73 Å². The molecule has 0 saturated carbocycles. The van der Waals surface area contributed by atoms with Crippen LogP contribution in [0.5, 0.6) is 0 Å². The molecule has 0 radical (unpaired) electrons. The number of benzene rings is 2. The topological polar surface area (TPSA) is 151 Å². The molecular weight excluding hydrogens is 420 g/mol. The van der Waals surface area contributed by atoms with E-state index in [-0.39, 0.29) is 29.3 Å². The van der Waals surface area contributed by atoms with E-state index in [0.717, 1.165) is 0 Å². The highest BCUT2D eigenvalue weighted by Gasteiger charge is 2.18. The van der Waals surface area contributed by atoms with Crippen LogP contribution >= 0.6 is 0 Å². The van der Waals surface area contributed by atoms with Gasteiger partial charge in [-0.1, -0.05) is 18.2 Å². The molecule has 2 rings (SSSR count). The summed E-state index contributed by atoms with van der Waals surface area (Å²) in [6.45, 7) is 5.14. The Morgan fingerprint density at radius 1 is 1.06 bits per heavy atom. The number of hydrogen-bond donors (Lipinski definition) is 4. The smallest absolute Gasteiger partial charge is 0.338 e. The Morgan fingerprint density at radius 2 is 1.71 bits per heavy atom. The lowest BCUT2D eigenvalue weighted by Gasteiger charge is -2.19. The minimum Gasteiger partial charge on any atom is -0.456 e. The minimum absolute atomic E-state index is 0.0503. The van der Waals surface area contributed by atoms with E-state index in [1.165, 1.54) is 30.3 Å².